The third kappa shape index (κ3) is 2.91. The summed E-state index contributed by atoms with van der Waals surface area (Å²) in [6.07, 6.45) is 2.27. The van der Waals surface area contributed by atoms with Crippen molar-refractivity contribution >= 4 is 5.91 Å². The Labute approximate surface area is 109 Å². The van der Waals surface area contributed by atoms with E-state index in [0.717, 1.165) is 12.8 Å². The average Bonchev–Trinajstić information content (AvgIpc) is 2.32. The van der Waals surface area contributed by atoms with E-state index in [1.165, 1.54) is 5.56 Å². The molecule has 0 aliphatic heterocycles. The number of carbonyl (C=O) groups excluding carboxylic acids is 1. The molecule has 0 saturated heterocycles. The fourth-order valence-corrected chi connectivity index (χ4v) is 2.56. The number of carbonyl (C=O) groups is 1. The third-order valence-electron chi connectivity index (χ3n) is 3.71. The Kier molecular flexibility index (Phi) is 4.02. The number of benzene rings is 1. The minimum absolute atomic E-state index is 0.0817. The van der Waals surface area contributed by atoms with Crippen LogP contribution in [0.5, 0.6) is 0 Å². The van der Waals surface area contributed by atoms with Gasteiger partial charge in [-0.05, 0) is 31.2 Å². The molecule has 98 valence electrons. The molecule has 1 aliphatic carbocycles. The molecule has 1 aromatic carbocycles. The first-order chi connectivity index (χ1) is 8.58. The van der Waals surface area contributed by atoms with Gasteiger partial charge in [0.2, 0.25) is 5.91 Å². The zero-order chi connectivity index (χ0) is 13.1. The van der Waals surface area contributed by atoms with E-state index >= 15 is 0 Å². The summed E-state index contributed by atoms with van der Waals surface area (Å²) < 4.78 is 0. The predicted octanol–water partition coefficient (Wildman–Crippen LogP) is 2.00. The lowest BCUT2D eigenvalue weighted by Crippen LogP contribution is -2.50. The van der Waals surface area contributed by atoms with Crippen LogP contribution in [0.2, 0.25) is 0 Å². The Morgan fingerprint density at radius 1 is 1.28 bits per heavy atom. The van der Waals surface area contributed by atoms with Crippen LogP contribution in [0, 0.1) is 0 Å². The summed E-state index contributed by atoms with van der Waals surface area (Å²) in [5, 5.41) is 3.41. The van der Waals surface area contributed by atoms with Crippen molar-refractivity contribution in [1.29, 1.82) is 0 Å². The molecule has 1 aliphatic rings. The lowest BCUT2D eigenvalue weighted by molar-refractivity contribution is -0.130. The summed E-state index contributed by atoms with van der Waals surface area (Å²) >= 11 is 0. The van der Waals surface area contributed by atoms with Gasteiger partial charge >= 0.3 is 0 Å². The molecule has 0 spiro atoms. The zero-order valence-corrected chi connectivity index (χ0v) is 11.4. The molecular formula is C15H22N2O. The van der Waals surface area contributed by atoms with E-state index in [1.54, 1.807) is 19.0 Å². The van der Waals surface area contributed by atoms with Crippen LogP contribution >= 0.6 is 0 Å². The second-order valence-electron chi connectivity index (χ2n) is 5.40. The molecule has 1 saturated carbocycles. The highest BCUT2D eigenvalue weighted by Crippen LogP contribution is 2.36. The smallest absolute Gasteiger partial charge is 0.238 e. The third-order valence-corrected chi connectivity index (χ3v) is 3.71. The Morgan fingerprint density at radius 2 is 1.89 bits per heavy atom. The van der Waals surface area contributed by atoms with Crippen molar-refractivity contribution in [3.05, 3.63) is 35.9 Å². The normalized spacial score (nSPS) is 24.2. The number of hydrogen-bond acceptors (Lipinski definition) is 2. The molecule has 18 heavy (non-hydrogen) atoms. The van der Waals surface area contributed by atoms with Crippen LogP contribution in [0.1, 0.15) is 31.2 Å². The number of likely N-dealkylation sites (N-methyl/N-ethyl adjacent to an activating group) is 1. The molecule has 3 nitrogen and oxygen atoms in total. The second-order valence-corrected chi connectivity index (χ2v) is 5.40. The molecule has 1 fully saturated rings. The summed E-state index contributed by atoms with van der Waals surface area (Å²) in [5.41, 5.74) is 1.42. The maximum absolute atomic E-state index is 11.7. The quantitative estimate of drug-likeness (QED) is 0.881. The van der Waals surface area contributed by atoms with Crippen LogP contribution in [-0.4, -0.2) is 37.0 Å². The summed E-state index contributed by atoms with van der Waals surface area (Å²) in [7, 11) is 3.60. The molecule has 1 atom stereocenters. The topological polar surface area (TPSA) is 32.3 Å². The fourth-order valence-electron chi connectivity index (χ4n) is 2.56. The number of rotatable bonds is 4. The van der Waals surface area contributed by atoms with Gasteiger partial charge in [-0.15, -0.1) is 0 Å². The minimum atomic E-state index is -0.0817. The Morgan fingerprint density at radius 3 is 2.44 bits per heavy atom. The van der Waals surface area contributed by atoms with Gasteiger partial charge in [0, 0.05) is 20.1 Å². The number of amides is 1. The van der Waals surface area contributed by atoms with Crippen LogP contribution in [-0.2, 0) is 4.79 Å². The minimum Gasteiger partial charge on any atom is -0.347 e. The monoisotopic (exact) mass is 246 g/mol. The van der Waals surface area contributed by atoms with Crippen molar-refractivity contribution in [2.45, 2.75) is 37.8 Å². The largest absolute Gasteiger partial charge is 0.347 e. The van der Waals surface area contributed by atoms with Gasteiger partial charge in [-0.1, -0.05) is 30.3 Å². The highest BCUT2D eigenvalue weighted by atomic mass is 16.2. The van der Waals surface area contributed by atoms with E-state index in [2.05, 4.69) is 35.6 Å². The van der Waals surface area contributed by atoms with Crippen molar-refractivity contribution in [3.8, 4) is 0 Å². The Balaban J connectivity index is 1.78. The Hall–Kier alpha value is -1.35. The number of hydrogen-bond donors (Lipinski definition) is 1. The molecule has 3 heteroatoms. The van der Waals surface area contributed by atoms with Gasteiger partial charge < -0.3 is 10.2 Å². The molecule has 0 heterocycles. The molecule has 1 N–H and O–H groups in total. The molecule has 1 unspecified atom stereocenters. The van der Waals surface area contributed by atoms with Gasteiger partial charge in [0.05, 0.1) is 6.04 Å². The number of nitrogens with one attached hydrogen (secondary N) is 1. The van der Waals surface area contributed by atoms with Crippen molar-refractivity contribution in [3.63, 3.8) is 0 Å². The molecular weight excluding hydrogens is 224 g/mol. The molecule has 1 amide bonds. The average molecular weight is 246 g/mol. The maximum Gasteiger partial charge on any atom is 0.238 e. The molecule has 0 radical (unpaired) electrons. The first kappa shape index (κ1) is 13.1. The highest BCUT2D eigenvalue weighted by Gasteiger charge is 2.32. The van der Waals surface area contributed by atoms with Crippen LogP contribution in [0.25, 0.3) is 0 Å². The summed E-state index contributed by atoms with van der Waals surface area (Å²) in [6, 6.07) is 11.0. The fraction of sp³-hybridized carbons (Fsp3) is 0.533. The van der Waals surface area contributed by atoms with E-state index in [4.69, 9.17) is 0 Å². The van der Waals surface area contributed by atoms with E-state index in [-0.39, 0.29) is 11.9 Å². The zero-order valence-electron chi connectivity index (χ0n) is 11.4. The van der Waals surface area contributed by atoms with Crippen LogP contribution in [0.15, 0.2) is 30.3 Å². The SMILES string of the molecule is CC(NC1CC(c2ccccc2)C1)C(=O)N(C)C. The van der Waals surface area contributed by atoms with Gasteiger partial charge in [0.15, 0.2) is 0 Å². The first-order valence-electron chi connectivity index (χ1n) is 6.60. The van der Waals surface area contributed by atoms with Gasteiger partial charge in [0.25, 0.3) is 0 Å². The van der Waals surface area contributed by atoms with Gasteiger partial charge in [0.1, 0.15) is 0 Å². The lowest BCUT2D eigenvalue weighted by atomic mass is 9.75. The predicted molar refractivity (Wildman–Crippen MR) is 73.5 cm³/mol. The highest BCUT2D eigenvalue weighted by molar-refractivity contribution is 5.80. The van der Waals surface area contributed by atoms with Crippen molar-refractivity contribution < 1.29 is 4.79 Å². The summed E-state index contributed by atoms with van der Waals surface area (Å²) in [5.74, 6) is 0.809. The summed E-state index contributed by atoms with van der Waals surface area (Å²) in [4.78, 5) is 13.4. The summed E-state index contributed by atoms with van der Waals surface area (Å²) in [6.45, 7) is 1.94. The van der Waals surface area contributed by atoms with Crippen molar-refractivity contribution in [1.82, 2.24) is 10.2 Å². The van der Waals surface area contributed by atoms with Crippen LogP contribution < -0.4 is 5.32 Å². The Bertz CT molecular complexity index is 396. The number of nitrogens with zero attached hydrogens (tertiary/aromatic N) is 1. The van der Waals surface area contributed by atoms with Gasteiger partial charge in [-0.2, -0.15) is 0 Å². The first-order valence-corrected chi connectivity index (χ1v) is 6.60. The van der Waals surface area contributed by atoms with Gasteiger partial charge in [-0.25, -0.2) is 0 Å². The lowest BCUT2D eigenvalue weighted by Gasteiger charge is -2.38. The molecule has 0 bridgehead atoms. The van der Waals surface area contributed by atoms with Crippen LogP contribution in [0.4, 0.5) is 0 Å². The molecule has 2 rings (SSSR count). The molecule has 1 aromatic rings. The van der Waals surface area contributed by atoms with E-state index in [1.807, 2.05) is 6.92 Å². The second kappa shape index (κ2) is 5.53. The standard InChI is InChI=1S/C15H22N2O/c1-11(15(18)17(2)3)16-14-9-13(10-14)12-7-5-4-6-8-12/h4-8,11,13-14,16H,9-10H2,1-3H3. The van der Waals surface area contributed by atoms with Crippen molar-refractivity contribution in [2.24, 2.45) is 0 Å². The van der Waals surface area contributed by atoms with Gasteiger partial charge in [-0.3, -0.25) is 4.79 Å². The van der Waals surface area contributed by atoms with Crippen LogP contribution in [0.3, 0.4) is 0 Å². The van der Waals surface area contributed by atoms with E-state index in [9.17, 15) is 4.79 Å². The molecule has 0 aromatic heterocycles. The van der Waals surface area contributed by atoms with Crippen molar-refractivity contribution in [2.75, 3.05) is 14.1 Å². The maximum atomic E-state index is 11.7. The van der Waals surface area contributed by atoms with E-state index < -0.39 is 0 Å². The van der Waals surface area contributed by atoms with E-state index in [0.29, 0.717) is 12.0 Å².